The molecule has 9 heteroatoms. The van der Waals surface area contributed by atoms with Crippen LogP contribution >= 0.6 is 23.9 Å². The molecule has 0 aliphatic heterocycles. The minimum absolute atomic E-state index is 0.135. The molecule has 0 fully saturated rings. The molecule has 7 nitrogen and oxygen atoms in total. The van der Waals surface area contributed by atoms with E-state index in [4.69, 9.17) is 9.57 Å². The highest BCUT2D eigenvalue weighted by Gasteiger charge is 2.19. The highest BCUT2D eigenvalue weighted by atomic mass is 32.2. The molecule has 0 saturated carbocycles. The minimum Gasteiger partial charge on any atom is -0.444 e. The number of benzene rings is 2. The Morgan fingerprint density at radius 3 is 2.44 bits per heavy atom. The predicted octanol–water partition coefficient (Wildman–Crippen LogP) is 4.74. The van der Waals surface area contributed by atoms with Gasteiger partial charge in [0.15, 0.2) is 0 Å². The van der Waals surface area contributed by atoms with Crippen LogP contribution in [0.25, 0.3) is 10.8 Å². The van der Waals surface area contributed by atoms with Gasteiger partial charge >= 0.3 is 12.2 Å². The Bertz CT molecular complexity index is 839. The van der Waals surface area contributed by atoms with Gasteiger partial charge in [0, 0.05) is 14.1 Å². The first-order valence-electron chi connectivity index (χ1n) is 8.01. The van der Waals surface area contributed by atoms with Crippen molar-refractivity contribution in [2.24, 2.45) is 5.16 Å². The molecule has 144 valence electrons. The van der Waals surface area contributed by atoms with Gasteiger partial charge in [0.1, 0.15) is 11.7 Å². The Hall–Kier alpha value is -2.39. The second kappa shape index (κ2) is 10.1. The van der Waals surface area contributed by atoms with Crippen LogP contribution in [0.2, 0.25) is 0 Å². The first-order valence-corrected chi connectivity index (χ1v) is 9.96. The number of fused-ring (bicyclic) bond motifs is 1. The largest absolute Gasteiger partial charge is 0.447 e. The Labute approximate surface area is 166 Å². The topological polar surface area (TPSA) is 71.4 Å². The molecule has 0 saturated heterocycles. The van der Waals surface area contributed by atoms with Gasteiger partial charge in [-0.15, -0.1) is 11.8 Å². The average Bonchev–Trinajstić information content (AvgIpc) is 2.69. The van der Waals surface area contributed by atoms with E-state index in [1.54, 1.807) is 6.92 Å². The average molecular weight is 408 g/mol. The van der Waals surface area contributed by atoms with E-state index in [1.165, 1.54) is 30.2 Å². The van der Waals surface area contributed by atoms with Crippen LogP contribution in [0.5, 0.6) is 0 Å². The van der Waals surface area contributed by atoms with Gasteiger partial charge in [-0.05, 0) is 29.5 Å². The predicted molar refractivity (Wildman–Crippen MR) is 110 cm³/mol. The molecular weight excluding hydrogens is 386 g/mol. The van der Waals surface area contributed by atoms with Crippen LogP contribution < -0.4 is 0 Å². The fraction of sp³-hybridized carbons (Fsp3) is 0.278. The number of nitrogens with zero attached hydrogens (tertiary/aromatic N) is 3. The molecule has 0 heterocycles. The molecule has 2 aromatic carbocycles. The fourth-order valence-electron chi connectivity index (χ4n) is 2.10. The maximum atomic E-state index is 12.2. The molecule has 0 spiro atoms. The summed E-state index contributed by atoms with van der Waals surface area (Å²) in [4.78, 5) is 28.8. The van der Waals surface area contributed by atoms with E-state index >= 15 is 0 Å². The van der Waals surface area contributed by atoms with Crippen LogP contribution in [-0.2, 0) is 16.2 Å². The van der Waals surface area contributed by atoms with Crippen molar-refractivity contribution in [1.29, 1.82) is 0 Å². The summed E-state index contributed by atoms with van der Waals surface area (Å²) in [5.74, 6) is 0. The second-order valence-electron chi connectivity index (χ2n) is 5.44. The lowest BCUT2D eigenvalue weighted by molar-refractivity contribution is 0.124. The first-order chi connectivity index (χ1) is 12.9. The smallest absolute Gasteiger partial charge is 0.444 e. The van der Waals surface area contributed by atoms with Crippen LogP contribution in [0.3, 0.4) is 0 Å². The van der Waals surface area contributed by atoms with Crippen molar-refractivity contribution >= 4 is 51.9 Å². The summed E-state index contributed by atoms with van der Waals surface area (Å²) < 4.78 is 7.71. The van der Waals surface area contributed by atoms with Gasteiger partial charge in [0.05, 0.1) is 12.1 Å². The van der Waals surface area contributed by atoms with E-state index in [2.05, 4.69) is 5.16 Å². The van der Waals surface area contributed by atoms with Gasteiger partial charge in [-0.25, -0.2) is 18.2 Å². The highest BCUT2D eigenvalue weighted by molar-refractivity contribution is 8.13. The number of carbonyl (C=O) groups excluding carboxylic acids is 2. The van der Waals surface area contributed by atoms with Gasteiger partial charge in [0.25, 0.3) is 0 Å². The number of carbonyl (C=O) groups is 2. The van der Waals surface area contributed by atoms with E-state index in [0.717, 1.165) is 32.8 Å². The SMILES string of the molecule is CSC(C)=NOC(=O)N(C)SN(C)C(=O)OCc1cccc2ccccc12. The fourth-order valence-corrected chi connectivity index (χ4v) is 2.80. The van der Waals surface area contributed by atoms with E-state index in [-0.39, 0.29) is 6.61 Å². The lowest BCUT2D eigenvalue weighted by atomic mass is 10.1. The molecule has 2 amide bonds. The molecule has 0 aliphatic carbocycles. The summed E-state index contributed by atoms with van der Waals surface area (Å²) in [6, 6.07) is 13.7. The number of rotatable bonds is 5. The standard InChI is InChI=1S/C18H21N3O4S2/c1-13(26-4)19-25-18(23)21(3)27-20(2)17(22)24-12-15-10-7-9-14-8-5-6-11-16(14)15/h5-11H,12H2,1-4H3. The quantitative estimate of drug-likeness (QED) is 0.234. The Kier molecular flexibility index (Phi) is 7.81. The Morgan fingerprint density at radius 2 is 1.70 bits per heavy atom. The van der Waals surface area contributed by atoms with Crippen LogP contribution in [0.1, 0.15) is 12.5 Å². The van der Waals surface area contributed by atoms with Gasteiger partial charge in [-0.2, -0.15) is 0 Å². The van der Waals surface area contributed by atoms with Crippen LogP contribution in [0, 0.1) is 0 Å². The third kappa shape index (κ3) is 6.07. The minimum atomic E-state index is -0.692. The third-order valence-electron chi connectivity index (χ3n) is 3.54. The van der Waals surface area contributed by atoms with E-state index in [9.17, 15) is 9.59 Å². The van der Waals surface area contributed by atoms with Gasteiger partial charge in [0.2, 0.25) is 0 Å². The van der Waals surface area contributed by atoms with Crippen molar-refractivity contribution in [2.75, 3.05) is 20.4 Å². The van der Waals surface area contributed by atoms with E-state index < -0.39 is 12.2 Å². The summed E-state index contributed by atoms with van der Waals surface area (Å²) in [5.41, 5.74) is 0.912. The normalized spacial score (nSPS) is 11.2. The number of ether oxygens (including phenoxy) is 1. The Morgan fingerprint density at radius 1 is 1.04 bits per heavy atom. The van der Waals surface area contributed by atoms with Gasteiger partial charge < -0.3 is 4.74 Å². The van der Waals surface area contributed by atoms with Crippen molar-refractivity contribution in [3.05, 3.63) is 48.0 Å². The number of hydrogen-bond acceptors (Lipinski definition) is 7. The maximum absolute atomic E-state index is 12.2. The monoisotopic (exact) mass is 407 g/mol. The Balaban J connectivity index is 1.89. The summed E-state index contributed by atoms with van der Waals surface area (Å²) >= 11 is 2.22. The number of hydrogen-bond donors (Lipinski definition) is 0. The molecule has 0 N–H and O–H groups in total. The molecule has 0 bridgehead atoms. The van der Waals surface area contributed by atoms with Crippen molar-refractivity contribution in [3.63, 3.8) is 0 Å². The maximum Gasteiger partial charge on any atom is 0.447 e. The summed E-state index contributed by atoms with van der Waals surface area (Å²) in [5, 5.41) is 6.39. The van der Waals surface area contributed by atoms with E-state index in [0.29, 0.717) is 5.04 Å². The molecule has 0 aromatic heterocycles. The molecule has 0 atom stereocenters. The van der Waals surface area contributed by atoms with Crippen LogP contribution in [-0.4, -0.2) is 46.2 Å². The lowest BCUT2D eigenvalue weighted by Gasteiger charge is -2.20. The highest BCUT2D eigenvalue weighted by Crippen LogP contribution is 2.20. The number of thioether (sulfide) groups is 1. The van der Waals surface area contributed by atoms with Gasteiger partial charge in [-0.1, -0.05) is 47.6 Å². The molecule has 2 rings (SSSR count). The molecule has 2 aromatic rings. The molecule has 0 unspecified atom stereocenters. The third-order valence-corrected chi connectivity index (χ3v) is 4.99. The van der Waals surface area contributed by atoms with Crippen LogP contribution in [0.4, 0.5) is 9.59 Å². The van der Waals surface area contributed by atoms with Crippen molar-refractivity contribution in [1.82, 2.24) is 8.61 Å². The number of oxime groups is 1. The molecular formula is C18H21N3O4S2. The molecule has 0 aliphatic rings. The molecule has 0 radical (unpaired) electrons. The zero-order valence-electron chi connectivity index (χ0n) is 15.5. The van der Waals surface area contributed by atoms with E-state index in [1.807, 2.05) is 48.7 Å². The van der Waals surface area contributed by atoms with Gasteiger partial charge in [-0.3, -0.25) is 4.84 Å². The zero-order chi connectivity index (χ0) is 19.8. The second-order valence-corrected chi connectivity index (χ2v) is 7.70. The number of amides is 2. The first kappa shape index (κ1) is 20.9. The summed E-state index contributed by atoms with van der Waals surface area (Å²) in [6.45, 7) is 1.86. The summed E-state index contributed by atoms with van der Waals surface area (Å²) in [6.07, 6.45) is 0.559. The summed E-state index contributed by atoms with van der Waals surface area (Å²) in [7, 11) is 2.99. The lowest BCUT2D eigenvalue weighted by Crippen LogP contribution is -2.29. The zero-order valence-corrected chi connectivity index (χ0v) is 17.2. The van der Waals surface area contributed by atoms with Crippen molar-refractivity contribution in [3.8, 4) is 0 Å². The van der Waals surface area contributed by atoms with Crippen molar-refractivity contribution in [2.45, 2.75) is 13.5 Å². The van der Waals surface area contributed by atoms with Crippen LogP contribution in [0.15, 0.2) is 47.6 Å². The van der Waals surface area contributed by atoms with Crippen molar-refractivity contribution < 1.29 is 19.2 Å². The molecule has 27 heavy (non-hydrogen) atoms.